The molecule has 148 valence electrons. The molecule has 0 aliphatic carbocycles. The van der Waals surface area contributed by atoms with Crippen LogP contribution in [0.5, 0.6) is 0 Å². The quantitative estimate of drug-likeness (QED) is 0.529. The van der Waals surface area contributed by atoms with E-state index in [4.69, 9.17) is 0 Å². The maximum atomic E-state index is 3.60. The highest BCUT2D eigenvalue weighted by Crippen LogP contribution is 2.16. The fraction of sp³-hybridized carbons (Fsp3) is 0.909. The van der Waals surface area contributed by atoms with Crippen LogP contribution in [0.15, 0.2) is 11.3 Å². The summed E-state index contributed by atoms with van der Waals surface area (Å²) in [5.41, 5.74) is 2.87. The van der Waals surface area contributed by atoms with Crippen LogP contribution in [-0.2, 0) is 0 Å². The third-order valence-corrected chi connectivity index (χ3v) is 2.66. The molecule has 0 spiro atoms. The monoisotopic (exact) mass is 333 g/mol. The largest absolute Gasteiger partial charge is 0.386 e. The zero-order valence-corrected chi connectivity index (χ0v) is 20.1. The molecule has 0 saturated heterocycles. The fourth-order valence-corrected chi connectivity index (χ4v) is 1.35. The molecule has 0 heterocycles. The second-order valence-corrected chi connectivity index (χ2v) is 4.18. The molecule has 0 aromatic heterocycles. The number of rotatable bonds is 5. The van der Waals surface area contributed by atoms with Crippen molar-refractivity contribution in [2.75, 3.05) is 0 Å². The molecular formula is C22H55N. The first-order valence-electron chi connectivity index (χ1n) is 10.5. The Morgan fingerprint density at radius 3 is 1.13 bits per heavy atom. The van der Waals surface area contributed by atoms with Gasteiger partial charge in [0.25, 0.3) is 0 Å². The summed E-state index contributed by atoms with van der Waals surface area (Å²) in [6, 6.07) is 0.596. The summed E-state index contributed by atoms with van der Waals surface area (Å²) in [7, 11) is 0. The number of hydrogen-bond donors (Lipinski definition) is 1. The van der Waals surface area contributed by atoms with E-state index in [9.17, 15) is 0 Å². The zero-order chi connectivity index (χ0) is 20.4. The van der Waals surface area contributed by atoms with Gasteiger partial charge < -0.3 is 5.32 Å². The fourth-order valence-electron chi connectivity index (χ4n) is 1.35. The van der Waals surface area contributed by atoms with Crippen LogP contribution in [0.1, 0.15) is 124 Å². The van der Waals surface area contributed by atoms with Gasteiger partial charge in [-0.2, -0.15) is 0 Å². The van der Waals surface area contributed by atoms with Crippen molar-refractivity contribution < 1.29 is 0 Å². The third kappa shape index (κ3) is 34.1. The molecule has 2 atom stereocenters. The molecule has 2 unspecified atom stereocenters. The van der Waals surface area contributed by atoms with Gasteiger partial charge in [-0.15, -0.1) is 0 Å². The Balaban J connectivity index is -0.0000000611. The smallest absolute Gasteiger partial charge is 0.0227 e. The van der Waals surface area contributed by atoms with Gasteiger partial charge in [-0.05, 0) is 39.5 Å². The average Bonchev–Trinajstić information content (AvgIpc) is 2.66. The van der Waals surface area contributed by atoms with E-state index in [-0.39, 0.29) is 0 Å². The van der Waals surface area contributed by atoms with Crippen LogP contribution in [0, 0.1) is 5.92 Å². The van der Waals surface area contributed by atoms with E-state index in [1.165, 1.54) is 24.1 Å². The minimum atomic E-state index is 0.596. The van der Waals surface area contributed by atoms with E-state index in [1.54, 1.807) is 0 Å². The predicted octanol–water partition coefficient (Wildman–Crippen LogP) is 8.85. The Morgan fingerprint density at radius 1 is 0.652 bits per heavy atom. The van der Waals surface area contributed by atoms with Gasteiger partial charge in [0.05, 0.1) is 0 Å². The van der Waals surface area contributed by atoms with Crippen LogP contribution in [0.2, 0.25) is 0 Å². The first-order chi connectivity index (χ1) is 11.0. The molecule has 23 heavy (non-hydrogen) atoms. The first kappa shape index (κ1) is 38.2. The Hall–Kier alpha value is -0.460. The molecule has 0 aromatic carbocycles. The Morgan fingerprint density at radius 2 is 0.957 bits per heavy atom. The summed E-state index contributed by atoms with van der Waals surface area (Å²) in [6.07, 6.45) is 2.40. The summed E-state index contributed by atoms with van der Waals surface area (Å²) < 4.78 is 0. The highest BCUT2D eigenvalue weighted by molar-refractivity contribution is 5.11. The van der Waals surface area contributed by atoms with Gasteiger partial charge in [0.1, 0.15) is 0 Å². The van der Waals surface area contributed by atoms with E-state index >= 15 is 0 Å². The maximum absolute atomic E-state index is 3.60. The van der Waals surface area contributed by atoms with Gasteiger partial charge in [0.15, 0.2) is 0 Å². The van der Waals surface area contributed by atoms with Crippen molar-refractivity contribution in [2.45, 2.75) is 130 Å². The average molecular weight is 334 g/mol. The van der Waals surface area contributed by atoms with Crippen molar-refractivity contribution >= 4 is 0 Å². The molecule has 0 saturated carbocycles. The number of hydrogen-bond acceptors (Lipinski definition) is 1. The van der Waals surface area contributed by atoms with Crippen molar-refractivity contribution in [1.82, 2.24) is 5.32 Å². The van der Waals surface area contributed by atoms with Crippen molar-refractivity contribution in [2.24, 2.45) is 5.92 Å². The Labute approximate surface area is 152 Å². The van der Waals surface area contributed by atoms with Crippen LogP contribution >= 0.6 is 0 Å². The predicted molar refractivity (Wildman–Crippen MR) is 117 cm³/mol. The van der Waals surface area contributed by atoms with E-state index < -0.39 is 0 Å². The van der Waals surface area contributed by atoms with Crippen molar-refractivity contribution in [1.29, 1.82) is 0 Å². The van der Waals surface area contributed by atoms with Crippen molar-refractivity contribution in [3.8, 4) is 0 Å². The van der Waals surface area contributed by atoms with Crippen molar-refractivity contribution in [3.63, 3.8) is 0 Å². The summed E-state index contributed by atoms with van der Waals surface area (Å²) in [5, 5.41) is 3.60. The zero-order valence-electron chi connectivity index (χ0n) is 20.1. The molecule has 0 aliphatic heterocycles. The van der Waals surface area contributed by atoms with Crippen LogP contribution < -0.4 is 5.32 Å². The van der Waals surface area contributed by atoms with Crippen LogP contribution in [0.25, 0.3) is 0 Å². The SMILES string of the molecule is CC.CC.CC.CC.CC.CCC(C)NC(=C(C)C)C(C)CC. The van der Waals surface area contributed by atoms with Crippen molar-refractivity contribution in [3.05, 3.63) is 11.3 Å². The molecule has 0 bridgehead atoms. The van der Waals surface area contributed by atoms with E-state index in [1.807, 2.05) is 69.2 Å². The molecule has 0 fully saturated rings. The molecule has 0 amide bonds. The van der Waals surface area contributed by atoms with Crippen LogP contribution in [0.4, 0.5) is 0 Å². The molecule has 1 nitrogen and oxygen atoms in total. The highest BCUT2D eigenvalue weighted by Gasteiger charge is 2.09. The lowest BCUT2D eigenvalue weighted by Gasteiger charge is -2.22. The van der Waals surface area contributed by atoms with E-state index in [0.717, 1.165) is 0 Å². The maximum Gasteiger partial charge on any atom is 0.0227 e. The second kappa shape index (κ2) is 43.0. The minimum absolute atomic E-state index is 0.596. The summed E-state index contributed by atoms with van der Waals surface area (Å²) in [6.45, 7) is 33.4. The normalized spacial score (nSPS) is 9.74. The van der Waals surface area contributed by atoms with E-state index in [0.29, 0.717) is 12.0 Å². The summed E-state index contributed by atoms with van der Waals surface area (Å²) >= 11 is 0. The van der Waals surface area contributed by atoms with Gasteiger partial charge in [-0.3, -0.25) is 0 Å². The second-order valence-electron chi connectivity index (χ2n) is 4.18. The van der Waals surface area contributed by atoms with Gasteiger partial charge in [0.2, 0.25) is 0 Å². The standard InChI is InChI=1S/C12H25N.5C2H6/c1-7-10(5)12(9(3)4)13-11(6)8-2;5*1-2/h10-11,13H,7-8H2,1-6H3;5*1-2H3. The Kier molecular flexibility index (Phi) is 71.4. The molecule has 1 N–H and O–H groups in total. The lowest BCUT2D eigenvalue weighted by Crippen LogP contribution is -2.28. The van der Waals surface area contributed by atoms with Crippen LogP contribution in [-0.4, -0.2) is 6.04 Å². The highest BCUT2D eigenvalue weighted by atomic mass is 14.9. The molecule has 0 aromatic rings. The molecule has 0 aliphatic rings. The lowest BCUT2D eigenvalue weighted by atomic mass is 10.00. The van der Waals surface area contributed by atoms with Gasteiger partial charge in [-0.1, -0.05) is 95.6 Å². The van der Waals surface area contributed by atoms with Gasteiger partial charge in [0, 0.05) is 11.7 Å². The van der Waals surface area contributed by atoms with Crippen LogP contribution in [0.3, 0.4) is 0 Å². The minimum Gasteiger partial charge on any atom is -0.386 e. The molecular weight excluding hydrogens is 278 g/mol. The van der Waals surface area contributed by atoms with Gasteiger partial charge in [-0.25, -0.2) is 0 Å². The molecule has 1 heteroatoms. The Bertz CT molecular complexity index is 167. The summed E-state index contributed by atoms with van der Waals surface area (Å²) in [5.74, 6) is 0.666. The summed E-state index contributed by atoms with van der Waals surface area (Å²) in [4.78, 5) is 0. The lowest BCUT2D eigenvalue weighted by molar-refractivity contribution is 0.512. The number of nitrogens with one attached hydrogen (secondary N) is 1. The van der Waals surface area contributed by atoms with Gasteiger partial charge >= 0.3 is 0 Å². The van der Waals surface area contributed by atoms with E-state index in [2.05, 4.69) is 46.9 Å². The third-order valence-electron chi connectivity index (χ3n) is 2.66. The molecule has 0 radical (unpaired) electrons. The number of allylic oxidation sites excluding steroid dienone is 2. The first-order valence-corrected chi connectivity index (χ1v) is 10.5. The molecule has 0 rings (SSSR count). The topological polar surface area (TPSA) is 12.0 Å².